The zero-order valence-corrected chi connectivity index (χ0v) is 9.80. The van der Waals surface area contributed by atoms with Crippen LogP contribution < -0.4 is 4.74 Å². The zero-order valence-electron chi connectivity index (χ0n) is 9.80. The predicted molar refractivity (Wildman–Crippen MR) is 62.3 cm³/mol. The maximum atomic E-state index is 5.37. The van der Waals surface area contributed by atoms with Crippen LogP contribution in [0.5, 0.6) is 5.88 Å². The third-order valence-corrected chi connectivity index (χ3v) is 3.19. The number of fused-ring (bicyclic) bond motifs is 1. The fraction of sp³-hybridized carbons (Fsp3) is 0.500. The van der Waals surface area contributed by atoms with Gasteiger partial charge in [-0.25, -0.2) is 9.97 Å². The van der Waals surface area contributed by atoms with E-state index in [-0.39, 0.29) is 0 Å². The minimum absolute atomic E-state index is 0.494. The van der Waals surface area contributed by atoms with Crippen molar-refractivity contribution < 1.29 is 9.47 Å². The molecule has 2 aromatic rings. The van der Waals surface area contributed by atoms with Gasteiger partial charge in [-0.15, -0.1) is 0 Å². The lowest BCUT2D eigenvalue weighted by molar-refractivity contribution is 0.0846. The summed E-state index contributed by atoms with van der Waals surface area (Å²) in [7, 11) is 1.62. The molecule has 1 saturated heterocycles. The molecule has 3 rings (SSSR count). The van der Waals surface area contributed by atoms with Crippen LogP contribution in [0.3, 0.4) is 0 Å². The second-order valence-electron chi connectivity index (χ2n) is 4.22. The van der Waals surface area contributed by atoms with Gasteiger partial charge in [0, 0.05) is 37.7 Å². The second kappa shape index (κ2) is 4.33. The Morgan fingerprint density at radius 1 is 1.41 bits per heavy atom. The maximum absolute atomic E-state index is 5.37. The summed E-state index contributed by atoms with van der Waals surface area (Å²) in [6, 6.07) is 0. The van der Waals surface area contributed by atoms with Crippen molar-refractivity contribution in [3.63, 3.8) is 0 Å². The Hall–Kier alpha value is -1.62. The lowest BCUT2D eigenvalue weighted by atomic mass is 9.97. The van der Waals surface area contributed by atoms with Crippen molar-refractivity contribution in [3.05, 3.63) is 24.3 Å². The lowest BCUT2D eigenvalue weighted by Gasteiger charge is -2.19. The predicted octanol–water partition coefficient (Wildman–Crippen LogP) is 1.63. The van der Waals surface area contributed by atoms with Gasteiger partial charge in [-0.2, -0.15) is 0 Å². The van der Waals surface area contributed by atoms with E-state index in [2.05, 4.69) is 16.2 Å². The van der Waals surface area contributed by atoms with Crippen molar-refractivity contribution in [1.29, 1.82) is 0 Å². The number of imidazole rings is 1. The van der Waals surface area contributed by atoms with Crippen molar-refractivity contribution in [2.45, 2.75) is 18.8 Å². The van der Waals surface area contributed by atoms with Gasteiger partial charge in [-0.1, -0.05) is 0 Å². The normalized spacial score (nSPS) is 17.5. The highest BCUT2D eigenvalue weighted by Gasteiger charge is 2.19. The Kier molecular flexibility index (Phi) is 2.68. The Morgan fingerprint density at radius 3 is 3.00 bits per heavy atom. The van der Waals surface area contributed by atoms with Crippen LogP contribution in [0.25, 0.3) is 5.65 Å². The fourth-order valence-electron chi connectivity index (χ4n) is 2.25. The summed E-state index contributed by atoms with van der Waals surface area (Å²) in [5.41, 5.74) is 1.90. The summed E-state index contributed by atoms with van der Waals surface area (Å²) in [5, 5.41) is 0. The molecule has 1 fully saturated rings. The molecule has 0 unspecified atom stereocenters. The standard InChI is InChI=1S/C12H15N3O2/c1-16-12-11-14-10(8-15(11)5-4-13-12)9-2-6-17-7-3-9/h4-5,8-9H,2-3,6-7H2,1H3. The Morgan fingerprint density at radius 2 is 2.24 bits per heavy atom. The van der Waals surface area contributed by atoms with E-state index < -0.39 is 0 Å². The summed E-state index contributed by atoms with van der Waals surface area (Å²) in [4.78, 5) is 8.78. The third-order valence-electron chi connectivity index (χ3n) is 3.19. The molecule has 2 aromatic heterocycles. The maximum Gasteiger partial charge on any atom is 0.258 e. The molecule has 0 radical (unpaired) electrons. The minimum atomic E-state index is 0.494. The van der Waals surface area contributed by atoms with Crippen molar-refractivity contribution in [3.8, 4) is 5.88 Å². The molecule has 0 spiro atoms. The molecule has 0 bridgehead atoms. The van der Waals surface area contributed by atoms with Crippen molar-refractivity contribution in [2.75, 3.05) is 20.3 Å². The van der Waals surface area contributed by atoms with Crippen LogP contribution in [0, 0.1) is 0 Å². The molecular weight excluding hydrogens is 218 g/mol. The molecule has 0 aromatic carbocycles. The molecule has 5 heteroatoms. The van der Waals surface area contributed by atoms with E-state index in [4.69, 9.17) is 9.47 Å². The first-order valence-corrected chi connectivity index (χ1v) is 5.84. The number of hydrogen-bond donors (Lipinski definition) is 0. The molecule has 0 aliphatic carbocycles. The van der Waals surface area contributed by atoms with Crippen LogP contribution >= 0.6 is 0 Å². The molecule has 1 aliphatic heterocycles. The molecule has 3 heterocycles. The quantitative estimate of drug-likeness (QED) is 0.791. The van der Waals surface area contributed by atoms with Crippen molar-refractivity contribution in [2.24, 2.45) is 0 Å². The Bertz CT molecular complexity index is 517. The van der Waals surface area contributed by atoms with E-state index in [0.29, 0.717) is 11.8 Å². The van der Waals surface area contributed by atoms with Gasteiger partial charge in [0.25, 0.3) is 5.88 Å². The SMILES string of the molecule is COc1nccn2cc(C3CCOCC3)nc12. The number of aromatic nitrogens is 3. The number of hydrogen-bond acceptors (Lipinski definition) is 4. The van der Waals surface area contributed by atoms with E-state index in [1.165, 1.54) is 0 Å². The molecule has 0 N–H and O–H groups in total. The van der Waals surface area contributed by atoms with E-state index in [1.54, 1.807) is 13.3 Å². The molecule has 0 amide bonds. The van der Waals surface area contributed by atoms with E-state index in [0.717, 1.165) is 37.4 Å². The zero-order chi connectivity index (χ0) is 11.7. The van der Waals surface area contributed by atoms with Gasteiger partial charge < -0.3 is 13.9 Å². The summed E-state index contributed by atoms with van der Waals surface area (Å²) >= 11 is 0. The van der Waals surface area contributed by atoms with Crippen LogP contribution in [0.15, 0.2) is 18.6 Å². The molecule has 17 heavy (non-hydrogen) atoms. The van der Waals surface area contributed by atoms with Crippen LogP contribution in [-0.2, 0) is 4.74 Å². The van der Waals surface area contributed by atoms with Gasteiger partial charge in [0.1, 0.15) is 0 Å². The molecule has 90 valence electrons. The summed E-state index contributed by atoms with van der Waals surface area (Å²) in [6.45, 7) is 1.65. The summed E-state index contributed by atoms with van der Waals surface area (Å²) in [6.07, 6.45) is 7.77. The van der Waals surface area contributed by atoms with Crippen LogP contribution in [0.2, 0.25) is 0 Å². The Balaban J connectivity index is 2.00. The van der Waals surface area contributed by atoms with Gasteiger partial charge in [0.05, 0.1) is 12.8 Å². The second-order valence-corrected chi connectivity index (χ2v) is 4.22. The van der Waals surface area contributed by atoms with Gasteiger partial charge in [-0.05, 0) is 12.8 Å². The van der Waals surface area contributed by atoms with Crippen molar-refractivity contribution in [1.82, 2.24) is 14.4 Å². The highest BCUT2D eigenvalue weighted by Crippen LogP contribution is 2.27. The highest BCUT2D eigenvalue weighted by molar-refractivity contribution is 5.50. The monoisotopic (exact) mass is 233 g/mol. The molecular formula is C12H15N3O2. The number of methoxy groups -OCH3 is 1. The first-order valence-electron chi connectivity index (χ1n) is 5.84. The van der Waals surface area contributed by atoms with E-state index >= 15 is 0 Å². The largest absolute Gasteiger partial charge is 0.478 e. The molecule has 5 nitrogen and oxygen atoms in total. The molecule has 0 atom stereocenters. The minimum Gasteiger partial charge on any atom is -0.478 e. The highest BCUT2D eigenvalue weighted by atomic mass is 16.5. The first-order chi connectivity index (χ1) is 8.38. The van der Waals surface area contributed by atoms with Crippen LogP contribution in [0.4, 0.5) is 0 Å². The average molecular weight is 233 g/mol. The molecule has 0 saturated carbocycles. The topological polar surface area (TPSA) is 48.7 Å². The Labute approximate surface area is 99.4 Å². The third kappa shape index (κ3) is 1.86. The van der Waals surface area contributed by atoms with E-state index in [9.17, 15) is 0 Å². The number of ether oxygens (including phenoxy) is 2. The molecule has 1 aliphatic rings. The van der Waals surface area contributed by atoms with Gasteiger partial charge in [-0.3, -0.25) is 0 Å². The van der Waals surface area contributed by atoms with Crippen LogP contribution in [0.1, 0.15) is 24.5 Å². The number of nitrogens with zero attached hydrogens (tertiary/aromatic N) is 3. The first kappa shape index (κ1) is 10.5. The fourth-order valence-corrected chi connectivity index (χ4v) is 2.25. The van der Waals surface area contributed by atoms with Crippen molar-refractivity contribution >= 4 is 5.65 Å². The summed E-state index contributed by atoms with van der Waals surface area (Å²) in [5.74, 6) is 1.07. The smallest absolute Gasteiger partial charge is 0.258 e. The lowest BCUT2D eigenvalue weighted by Crippen LogP contribution is -2.14. The van der Waals surface area contributed by atoms with Gasteiger partial charge in [0.2, 0.25) is 5.65 Å². The summed E-state index contributed by atoms with van der Waals surface area (Å²) < 4.78 is 12.5. The van der Waals surface area contributed by atoms with Crippen LogP contribution in [-0.4, -0.2) is 34.7 Å². The van der Waals surface area contributed by atoms with Gasteiger partial charge in [0.15, 0.2) is 0 Å². The van der Waals surface area contributed by atoms with E-state index in [1.807, 2.05) is 10.6 Å². The average Bonchev–Trinajstić information content (AvgIpc) is 2.83. The number of rotatable bonds is 2. The van der Waals surface area contributed by atoms with Gasteiger partial charge >= 0.3 is 0 Å².